The Balaban J connectivity index is 1.86. The summed E-state index contributed by atoms with van der Waals surface area (Å²) >= 11 is 0. The molecule has 4 nitrogen and oxygen atoms in total. The number of fused-ring (bicyclic) bond motifs is 3. The number of hydrogen-bond donors (Lipinski definition) is 2. The first kappa shape index (κ1) is 16.6. The van der Waals surface area contributed by atoms with Crippen molar-refractivity contribution in [3.63, 3.8) is 0 Å². The van der Waals surface area contributed by atoms with Gasteiger partial charge in [-0.2, -0.15) is 0 Å². The summed E-state index contributed by atoms with van der Waals surface area (Å²) in [5.74, 6) is -0.347. The average molecular weight is 327 g/mol. The molecule has 0 fully saturated rings. The molecular formula is C20H25NO3. The number of carboxylic acids is 1. The van der Waals surface area contributed by atoms with Crippen LogP contribution in [0.25, 0.3) is 10.8 Å². The number of unbranched alkanes of at least 4 members (excludes halogenated alkanes) is 2. The van der Waals surface area contributed by atoms with Crippen LogP contribution >= 0.6 is 0 Å². The predicted octanol–water partition coefficient (Wildman–Crippen LogP) is 4.29. The molecule has 3 rings (SSSR count). The van der Waals surface area contributed by atoms with Gasteiger partial charge in [0.2, 0.25) is 0 Å². The molecule has 128 valence electrons. The molecule has 0 aliphatic carbocycles. The highest BCUT2D eigenvalue weighted by Crippen LogP contribution is 2.49. The molecule has 1 heterocycles. The number of carbonyl (C=O) groups is 1. The molecule has 0 saturated carbocycles. The van der Waals surface area contributed by atoms with Crippen molar-refractivity contribution >= 4 is 22.4 Å². The van der Waals surface area contributed by atoms with E-state index in [1.165, 1.54) is 5.39 Å². The van der Waals surface area contributed by atoms with Gasteiger partial charge in [0.05, 0.1) is 5.69 Å². The minimum Gasteiger partial charge on any atom is -0.508 e. The zero-order valence-corrected chi connectivity index (χ0v) is 14.4. The number of rotatable bonds is 6. The molecule has 0 atom stereocenters. The largest absolute Gasteiger partial charge is 0.508 e. The van der Waals surface area contributed by atoms with Gasteiger partial charge in [-0.3, -0.25) is 4.79 Å². The minimum absolute atomic E-state index is 0.0927. The zero-order chi connectivity index (χ0) is 17.3. The standard InChI is InChI=1S/C20H25NO3/c1-20(2)13-21(11-7-3-4-10-17(23)24)19-15-9-6-5-8-14(15)12-16(22)18(19)20/h5-6,8-9,12,22H,3-4,7,10-11,13H2,1-2H3,(H,23,24). The second-order valence-electron chi connectivity index (χ2n) is 7.35. The molecule has 0 spiro atoms. The highest BCUT2D eigenvalue weighted by molar-refractivity contribution is 5.99. The van der Waals surface area contributed by atoms with Crippen LogP contribution < -0.4 is 4.90 Å². The molecule has 0 amide bonds. The van der Waals surface area contributed by atoms with Crippen molar-refractivity contribution < 1.29 is 15.0 Å². The number of hydrogen-bond acceptors (Lipinski definition) is 3. The van der Waals surface area contributed by atoms with E-state index in [4.69, 9.17) is 5.11 Å². The molecule has 2 aromatic carbocycles. The van der Waals surface area contributed by atoms with Crippen LogP contribution in [0.15, 0.2) is 30.3 Å². The second kappa shape index (κ2) is 6.34. The van der Waals surface area contributed by atoms with E-state index in [1.807, 2.05) is 24.3 Å². The van der Waals surface area contributed by atoms with Gasteiger partial charge in [-0.15, -0.1) is 0 Å². The molecule has 24 heavy (non-hydrogen) atoms. The maximum absolute atomic E-state index is 10.6. The predicted molar refractivity (Wildman–Crippen MR) is 97.0 cm³/mol. The molecule has 0 radical (unpaired) electrons. The molecule has 1 aliphatic heterocycles. The monoisotopic (exact) mass is 327 g/mol. The van der Waals surface area contributed by atoms with Gasteiger partial charge in [-0.1, -0.05) is 44.5 Å². The van der Waals surface area contributed by atoms with Crippen LogP contribution in [0, 0.1) is 0 Å². The van der Waals surface area contributed by atoms with E-state index in [1.54, 1.807) is 0 Å². The van der Waals surface area contributed by atoms with Crippen molar-refractivity contribution in [3.8, 4) is 5.75 Å². The van der Waals surface area contributed by atoms with Crippen LogP contribution in [-0.4, -0.2) is 29.3 Å². The number of aromatic hydroxyl groups is 1. The summed E-state index contributed by atoms with van der Waals surface area (Å²) in [7, 11) is 0. The van der Waals surface area contributed by atoms with E-state index in [0.29, 0.717) is 5.75 Å². The number of benzene rings is 2. The molecular weight excluding hydrogens is 302 g/mol. The third-order valence-electron chi connectivity index (χ3n) is 4.90. The van der Waals surface area contributed by atoms with E-state index >= 15 is 0 Å². The van der Waals surface area contributed by atoms with E-state index < -0.39 is 5.97 Å². The van der Waals surface area contributed by atoms with Crippen LogP contribution in [-0.2, 0) is 10.2 Å². The lowest BCUT2D eigenvalue weighted by Crippen LogP contribution is -2.29. The van der Waals surface area contributed by atoms with Crippen LogP contribution in [0.2, 0.25) is 0 Å². The summed E-state index contributed by atoms with van der Waals surface area (Å²) in [6.07, 6.45) is 2.84. The van der Waals surface area contributed by atoms with Gasteiger partial charge in [-0.25, -0.2) is 0 Å². The lowest BCUT2D eigenvalue weighted by atomic mass is 9.85. The Morgan fingerprint density at radius 1 is 1.21 bits per heavy atom. The molecule has 2 N–H and O–H groups in total. The van der Waals surface area contributed by atoms with Crippen LogP contribution in [0.4, 0.5) is 5.69 Å². The maximum Gasteiger partial charge on any atom is 0.303 e. The summed E-state index contributed by atoms with van der Waals surface area (Å²) < 4.78 is 0. The smallest absolute Gasteiger partial charge is 0.303 e. The molecule has 0 unspecified atom stereocenters. The number of aliphatic carboxylic acids is 1. The third kappa shape index (κ3) is 3.05. The fraction of sp³-hybridized carbons (Fsp3) is 0.450. The molecule has 4 heteroatoms. The minimum atomic E-state index is -0.724. The van der Waals surface area contributed by atoms with Crippen molar-refractivity contribution in [1.82, 2.24) is 0 Å². The van der Waals surface area contributed by atoms with Crippen LogP contribution in [0.5, 0.6) is 5.75 Å². The number of phenolic OH excluding ortho intramolecular Hbond substituents is 1. The second-order valence-corrected chi connectivity index (χ2v) is 7.35. The van der Waals surface area contributed by atoms with E-state index in [-0.39, 0.29) is 11.8 Å². The Bertz CT molecular complexity index is 767. The van der Waals surface area contributed by atoms with E-state index in [0.717, 1.165) is 49.0 Å². The number of nitrogens with zero attached hydrogens (tertiary/aromatic N) is 1. The molecule has 0 aromatic heterocycles. The first-order chi connectivity index (χ1) is 11.4. The van der Waals surface area contributed by atoms with Gasteiger partial charge in [0.1, 0.15) is 5.75 Å². The van der Waals surface area contributed by atoms with Crippen molar-refractivity contribution in [2.24, 2.45) is 0 Å². The summed E-state index contributed by atoms with van der Waals surface area (Å²) in [4.78, 5) is 13.0. The SMILES string of the molecule is CC1(C)CN(CCCCCC(=O)O)c2c1c(O)cc1ccccc21. The van der Waals surface area contributed by atoms with Crippen molar-refractivity contribution in [2.45, 2.75) is 44.9 Å². The molecule has 1 aliphatic rings. The fourth-order valence-electron chi connectivity index (χ4n) is 3.89. The number of carboxylic acid groups (broad SMARTS) is 1. The van der Waals surface area contributed by atoms with Crippen molar-refractivity contribution in [1.29, 1.82) is 0 Å². The van der Waals surface area contributed by atoms with Gasteiger partial charge >= 0.3 is 5.97 Å². The Labute approximate surface area is 142 Å². The Hall–Kier alpha value is -2.23. The Morgan fingerprint density at radius 2 is 1.96 bits per heavy atom. The van der Waals surface area contributed by atoms with Gasteiger partial charge < -0.3 is 15.1 Å². The van der Waals surface area contributed by atoms with Gasteiger partial charge in [0.25, 0.3) is 0 Å². The summed E-state index contributed by atoms with van der Waals surface area (Å²) in [6, 6.07) is 10.0. The van der Waals surface area contributed by atoms with Crippen LogP contribution in [0.1, 0.15) is 45.1 Å². The summed E-state index contributed by atoms with van der Waals surface area (Å²) in [6.45, 7) is 6.11. The summed E-state index contributed by atoms with van der Waals surface area (Å²) in [5, 5.41) is 21.5. The first-order valence-corrected chi connectivity index (χ1v) is 8.62. The van der Waals surface area contributed by atoms with E-state index in [9.17, 15) is 9.90 Å². The highest BCUT2D eigenvalue weighted by Gasteiger charge is 2.38. The van der Waals surface area contributed by atoms with Crippen molar-refractivity contribution in [2.75, 3.05) is 18.0 Å². The third-order valence-corrected chi connectivity index (χ3v) is 4.90. The topological polar surface area (TPSA) is 60.8 Å². The molecule has 2 aromatic rings. The molecule has 0 saturated heterocycles. The Morgan fingerprint density at radius 3 is 2.71 bits per heavy atom. The quantitative estimate of drug-likeness (QED) is 0.777. The summed E-state index contributed by atoms with van der Waals surface area (Å²) in [5.41, 5.74) is 2.09. The van der Waals surface area contributed by atoms with Gasteiger partial charge in [-0.05, 0) is 24.3 Å². The zero-order valence-electron chi connectivity index (χ0n) is 14.4. The maximum atomic E-state index is 10.6. The van der Waals surface area contributed by atoms with Gasteiger partial charge in [0.15, 0.2) is 0 Å². The normalized spacial score (nSPS) is 15.7. The van der Waals surface area contributed by atoms with Crippen molar-refractivity contribution in [3.05, 3.63) is 35.9 Å². The Kier molecular flexibility index (Phi) is 4.39. The van der Waals surface area contributed by atoms with Gasteiger partial charge in [0, 0.05) is 35.9 Å². The lowest BCUT2D eigenvalue weighted by Gasteiger charge is -2.22. The highest BCUT2D eigenvalue weighted by atomic mass is 16.4. The average Bonchev–Trinajstić information content (AvgIpc) is 2.79. The first-order valence-electron chi connectivity index (χ1n) is 8.62. The van der Waals surface area contributed by atoms with E-state index in [2.05, 4.69) is 24.8 Å². The fourth-order valence-corrected chi connectivity index (χ4v) is 3.89. The number of anilines is 1. The lowest BCUT2D eigenvalue weighted by molar-refractivity contribution is -0.137. The number of phenols is 1. The van der Waals surface area contributed by atoms with Crippen LogP contribution in [0.3, 0.4) is 0 Å². The molecule has 0 bridgehead atoms.